The number of nitrogens with two attached hydrogens (primary N) is 1. The highest BCUT2D eigenvalue weighted by atomic mass is 35.5. The summed E-state index contributed by atoms with van der Waals surface area (Å²) < 4.78 is 25.8. The van der Waals surface area contributed by atoms with Crippen molar-refractivity contribution < 1.29 is 18.0 Å². The van der Waals surface area contributed by atoms with Crippen LogP contribution in [0.25, 0.3) is 0 Å². The Morgan fingerprint density at radius 2 is 1.65 bits per heavy atom. The van der Waals surface area contributed by atoms with Gasteiger partial charge in [-0.2, -0.15) is 0 Å². The molecule has 0 heterocycles. The quantitative estimate of drug-likeness (QED) is 0.491. The number of sulfonamides is 1. The molecule has 5 N–H and O–H groups in total. The first kappa shape index (κ1) is 24.2. The van der Waals surface area contributed by atoms with Gasteiger partial charge in [0.1, 0.15) is 0 Å². The number of rotatable bonds is 9. The monoisotopic (exact) mass is 406 g/mol. The van der Waals surface area contributed by atoms with E-state index in [4.69, 9.17) is 5.73 Å². The summed E-state index contributed by atoms with van der Waals surface area (Å²) in [7, 11) is -3.35. The first-order chi connectivity index (χ1) is 11.6. The first-order valence-electron chi connectivity index (χ1n) is 8.08. The van der Waals surface area contributed by atoms with Crippen molar-refractivity contribution in [2.24, 2.45) is 11.7 Å². The Kier molecular flexibility index (Phi) is 10.2. The number of amides is 2. The number of nitrogens with one attached hydrogen (secondary N) is 3. The fourth-order valence-electron chi connectivity index (χ4n) is 1.91. The summed E-state index contributed by atoms with van der Waals surface area (Å²) in [6.45, 7) is 5.23. The molecule has 0 radical (unpaired) electrons. The van der Waals surface area contributed by atoms with E-state index >= 15 is 0 Å². The number of hydrogen-bond acceptors (Lipinski definition) is 5. The van der Waals surface area contributed by atoms with Crippen LogP contribution in [-0.2, 0) is 19.6 Å². The Morgan fingerprint density at radius 3 is 2.15 bits per heavy atom. The number of carbonyl (C=O) groups is 2. The Morgan fingerprint density at radius 1 is 1.12 bits per heavy atom. The van der Waals surface area contributed by atoms with Crippen molar-refractivity contribution in [1.82, 2.24) is 5.32 Å². The molecular weight excluding hydrogens is 380 g/mol. The Labute approximate surface area is 160 Å². The second kappa shape index (κ2) is 11.0. The van der Waals surface area contributed by atoms with Gasteiger partial charge in [0.25, 0.3) is 0 Å². The lowest BCUT2D eigenvalue weighted by atomic mass is 10.1. The number of halogens is 1. The first-order valence-corrected chi connectivity index (χ1v) is 9.73. The van der Waals surface area contributed by atoms with Crippen LogP contribution in [0.15, 0.2) is 24.3 Å². The Hall–Kier alpha value is -1.84. The fourth-order valence-corrected chi connectivity index (χ4v) is 3.05. The van der Waals surface area contributed by atoms with Crippen LogP contribution in [-0.4, -0.2) is 38.6 Å². The molecule has 0 aliphatic heterocycles. The third-order valence-electron chi connectivity index (χ3n) is 3.36. The molecule has 0 fully saturated rings. The van der Waals surface area contributed by atoms with Gasteiger partial charge in [-0.05, 0) is 36.6 Å². The van der Waals surface area contributed by atoms with E-state index in [1.165, 1.54) is 0 Å². The molecule has 0 aromatic heterocycles. The van der Waals surface area contributed by atoms with Gasteiger partial charge >= 0.3 is 0 Å². The summed E-state index contributed by atoms with van der Waals surface area (Å²) in [4.78, 5) is 23.5. The van der Waals surface area contributed by atoms with Crippen molar-refractivity contribution >= 4 is 45.6 Å². The topological polar surface area (TPSA) is 130 Å². The molecule has 0 bridgehead atoms. The van der Waals surface area contributed by atoms with E-state index in [9.17, 15) is 18.0 Å². The molecule has 1 aromatic carbocycles. The molecule has 10 heteroatoms. The Balaban J connectivity index is 0.00000625. The summed E-state index contributed by atoms with van der Waals surface area (Å²) in [5.74, 6) is -0.759. The van der Waals surface area contributed by atoms with E-state index in [1.54, 1.807) is 31.2 Å². The maximum absolute atomic E-state index is 11.8. The van der Waals surface area contributed by atoms with Crippen LogP contribution < -0.4 is 21.1 Å². The average Bonchev–Trinajstić information content (AvgIpc) is 2.53. The molecule has 1 atom stereocenters. The SMILES string of the molecule is CCCS(=O)(=O)Nc1ccc(NC(=O)CNC(=O)[C@@H](N)C(C)C)cc1.Cl. The molecular formula is C16H27ClN4O4S. The third kappa shape index (κ3) is 8.50. The van der Waals surface area contributed by atoms with Gasteiger partial charge in [-0.3, -0.25) is 14.3 Å². The summed E-state index contributed by atoms with van der Waals surface area (Å²) in [6, 6.07) is 5.59. The van der Waals surface area contributed by atoms with Gasteiger partial charge in [-0.15, -0.1) is 12.4 Å². The molecule has 148 valence electrons. The molecule has 0 saturated heterocycles. The van der Waals surface area contributed by atoms with Crippen LogP contribution in [0.1, 0.15) is 27.2 Å². The maximum atomic E-state index is 11.8. The lowest BCUT2D eigenvalue weighted by Crippen LogP contribution is -2.46. The molecule has 0 aliphatic carbocycles. The van der Waals surface area contributed by atoms with Gasteiger partial charge in [0, 0.05) is 11.4 Å². The molecule has 26 heavy (non-hydrogen) atoms. The van der Waals surface area contributed by atoms with Crippen molar-refractivity contribution in [3.05, 3.63) is 24.3 Å². The summed E-state index contributed by atoms with van der Waals surface area (Å²) >= 11 is 0. The van der Waals surface area contributed by atoms with E-state index < -0.39 is 22.0 Å². The standard InChI is InChI=1S/C16H26N4O4S.ClH/c1-4-9-25(23,24)20-13-7-5-12(6-8-13)19-14(21)10-18-16(22)15(17)11(2)3;/h5-8,11,15,20H,4,9-10,17H2,1-3H3,(H,18,22)(H,19,21);1H/t15-;/m0./s1. The largest absolute Gasteiger partial charge is 0.346 e. The molecule has 0 aliphatic rings. The van der Waals surface area contributed by atoms with Gasteiger partial charge in [0.2, 0.25) is 21.8 Å². The highest BCUT2D eigenvalue weighted by Crippen LogP contribution is 2.15. The second-order valence-electron chi connectivity index (χ2n) is 6.03. The van der Waals surface area contributed by atoms with Crippen molar-refractivity contribution in [3.63, 3.8) is 0 Å². The molecule has 2 amide bonds. The predicted octanol–water partition coefficient (Wildman–Crippen LogP) is 1.30. The van der Waals surface area contributed by atoms with Gasteiger partial charge in [-0.25, -0.2) is 8.42 Å². The number of anilines is 2. The molecule has 0 spiro atoms. The Bertz CT molecular complexity index is 693. The van der Waals surface area contributed by atoms with E-state index in [0.29, 0.717) is 17.8 Å². The van der Waals surface area contributed by atoms with E-state index in [0.717, 1.165) is 0 Å². The van der Waals surface area contributed by atoms with E-state index in [1.807, 2.05) is 13.8 Å². The van der Waals surface area contributed by atoms with Crippen molar-refractivity contribution in [1.29, 1.82) is 0 Å². The average molecular weight is 407 g/mol. The van der Waals surface area contributed by atoms with Gasteiger partial charge in [-0.1, -0.05) is 20.8 Å². The zero-order valence-electron chi connectivity index (χ0n) is 15.1. The lowest BCUT2D eigenvalue weighted by molar-refractivity contribution is -0.125. The summed E-state index contributed by atoms with van der Waals surface area (Å²) in [5, 5.41) is 5.08. The van der Waals surface area contributed by atoms with Gasteiger partial charge in [0.05, 0.1) is 18.3 Å². The summed E-state index contributed by atoms with van der Waals surface area (Å²) in [6.07, 6.45) is 0.523. The van der Waals surface area contributed by atoms with Crippen LogP contribution in [0.4, 0.5) is 11.4 Å². The lowest BCUT2D eigenvalue weighted by Gasteiger charge is -2.15. The van der Waals surface area contributed by atoms with Crippen LogP contribution in [0.5, 0.6) is 0 Å². The van der Waals surface area contributed by atoms with Crippen LogP contribution in [0.3, 0.4) is 0 Å². The zero-order valence-corrected chi connectivity index (χ0v) is 16.7. The number of hydrogen-bond donors (Lipinski definition) is 4. The van der Waals surface area contributed by atoms with E-state index in [2.05, 4.69) is 15.4 Å². The molecule has 1 aromatic rings. The summed E-state index contributed by atoms with van der Waals surface area (Å²) in [5.41, 5.74) is 6.60. The predicted molar refractivity (Wildman–Crippen MR) is 106 cm³/mol. The minimum absolute atomic E-state index is 0. The fraction of sp³-hybridized carbons (Fsp3) is 0.500. The minimum Gasteiger partial charge on any atom is -0.346 e. The van der Waals surface area contributed by atoms with Crippen molar-refractivity contribution in [2.45, 2.75) is 33.2 Å². The maximum Gasteiger partial charge on any atom is 0.243 e. The van der Waals surface area contributed by atoms with Crippen LogP contribution in [0.2, 0.25) is 0 Å². The second-order valence-corrected chi connectivity index (χ2v) is 7.88. The molecule has 1 rings (SSSR count). The van der Waals surface area contributed by atoms with Crippen molar-refractivity contribution in [2.75, 3.05) is 22.3 Å². The minimum atomic E-state index is -3.35. The normalized spacial score (nSPS) is 12.0. The highest BCUT2D eigenvalue weighted by molar-refractivity contribution is 7.92. The zero-order chi connectivity index (χ0) is 19.0. The van der Waals surface area contributed by atoms with Crippen LogP contribution >= 0.6 is 12.4 Å². The number of carbonyl (C=O) groups excluding carboxylic acids is 2. The third-order valence-corrected chi connectivity index (χ3v) is 4.85. The smallest absolute Gasteiger partial charge is 0.243 e. The number of benzene rings is 1. The van der Waals surface area contributed by atoms with Crippen molar-refractivity contribution in [3.8, 4) is 0 Å². The molecule has 8 nitrogen and oxygen atoms in total. The van der Waals surface area contributed by atoms with Gasteiger partial charge < -0.3 is 16.4 Å². The molecule has 0 saturated carbocycles. The van der Waals surface area contributed by atoms with Crippen LogP contribution in [0, 0.1) is 5.92 Å². The highest BCUT2D eigenvalue weighted by Gasteiger charge is 2.17. The molecule has 0 unspecified atom stereocenters. The van der Waals surface area contributed by atoms with Gasteiger partial charge in [0.15, 0.2) is 0 Å². The van der Waals surface area contributed by atoms with E-state index in [-0.39, 0.29) is 36.5 Å².